The minimum absolute atomic E-state index is 0.0455. The Kier molecular flexibility index (Phi) is 4.61. The van der Waals surface area contributed by atoms with Crippen LogP contribution in [0.5, 0.6) is 0 Å². The predicted octanol–water partition coefficient (Wildman–Crippen LogP) is 4.38. The van der Waals surface area contributed by atoms with Gasteiger partial charge in [0, 0.05) is 11.4 Å². The molecule has 0 fully saturated rings. The van der Waals surface area contributed by atoms with Crippen LogP contribution in [0.25, 0.3) is 0 Å². The highest BCUT2D eigenvalue weighted by Crippen LogP contribution is 2.38. The van der Waals surface area contributed by atoms with E-state index in [2.05, 4.69) is 23.6 Å². The van der Waals surface area contributed by atoms with Crippen molar-refractivity contribution in [3.8, 4) is 0 Å². The van der Waals surface area contributed by atoms with Gasteiger partial charge >= 0.3 is 5.97 Å². The fourth-order valence-corrected chi connectivity index (χ4v) is 5.12. The molecule has 1 aliphatic rings. The van der Waals surface area contributed by atoms with Gasteiger partial charge in [0.1, 0.15) is 4.88 Å². The van der Waals surface area contributed by atoms with Gasteiger partial charge in [0.25, 0.3) is 5.91 Å². The minimum atomic E-state index is -0.410. The zero-order chi connectivity index (χ0) is 18.1. The Balaban J connectivity index is 1.71. The van der Waals surface area contributed by atoms with Crippen LogP contribution in [-0.4, -0.2) is 30.4 Å². The molecule has 4 nitrogen and oxygen atoms in total. The van der Waals surface area contributed by atoms with E-state index in [-0.39, 0.29) is 11.9 Å². The molecular formula is C20H17NO3S2. The van der Waals surface area contributed by atoms with E-state index in [1.165, 1.54) is 28.9 Å². The summed E-state index contributed by atoms with van der Waals surface area (Å²) in [5, 5.41) is 2.09. The van der Waals surface area contributed by atoms with Gasteiger partial charge in [0.2, 0.25) is 0 Å². The molecule has 0 N–H and O–H groups in total. The Morgan fingerprint density at radius 3 is 2.62 bits per heavy atom. The van der Waals surface area contributed by atoms with E-state index in [9.17, 15) is 9.59 Å². The van der Waals surface area contributed by atoms with Crippen molar-refractivity contribution >= 4 is 34.6 Å². The largest absolute Gasteiger partial charge is 0.465 e. The zero-order valence-electron chi connectivity index (χ0n) is 14.2. The van der Waals surface area contributed by atoms with Crippen molar-refractivity contribution in [2.45, 2.75) is 12.5 Å². The number of fused-ring (bicyclic) bond motifs is 1. The van der Waals surface area contributed by atoms with Crippen LogP contribution in [0, 0.1) is 0 Å². The molecule has 2 aromatic heterocycles. The molecular weight excluding hydrogens is 366 g/mol. The van der Waals surface area contributed by atoms with Crippen LogP contribution in [0.1, 0.15) is 41.4 Å². The molecule has 3 aromatic rings. The molecule has 1 aromatic carbocycles. The number of carbonyl (C=O) groups excluding carboxylic acids is 2. The molecule has 6 heteroatoms. The number of hydrogen-bond donors (Lipinski definition) is 0. The Morgan fingerprint density at radius 2 is 1.85 bits per heavy atom. The molecule has 1 atom stereocenters. The summed E-state index contributed by atoms with van der Waals surface area (Å²) in [6.45, 7) is 0.664. The number of rotatable bonds is 3. The van der Waals surface area contributed by atoms with Crippen molar-refractivity contribution < 1.29 is 14.3 Å². The average molecular weight is 383 g/mol. The monoisotopic (exact) mass is 383 g/mol. The Morgan fingerprint density at radius 1 is 1.08 bits per heavy atom. The molecule has 0 spiro atoms. The van der Waals surface area contributed by atoms with E-state index in [1.807, 2.05) is 23.1 Å². The lowest BCUT2D eigenvalue weighted by Crippen LogP contribution is -2.39. The molecule has 0 radical (unpaired) electrons. The predicted molar refractivity (Wildman–Crippen MR) is 103 cm³/mol. The molecule has 0 bridgehead atoms. The second-order valence-electron chi connectivity index (χ2n) is 6.02. The van der Waals surface area contributed by atoms with Gasteiger partial charge in [-0.05, 0) is 41.1 Å². The van der Waals surface area contributed by atoms with Gasteiger partial charge in [-0.1, -0.05) is 30.3 Å². The van der Waals surface area contributed by atoms with Crippen LogP contribution in [0.15, 0.2) is 53.9 Å². The van der Waals surface area contributed by atoms with Crippen molar-refractivity contribution in [1.82, 2.24) is 4.90 Å². The second kappa shape index (κ2) is 7.05. The molecule has 0 saturated heterocycles. The molecule has 0 saturated carbocycles. The SMILES string of the molecule is COC(=O)c1ccc(C(=O)N2CCc3sccc3[C@@H]2c2ccccc2)s1. The lowest BCUT2D eigenvalue weighted by molar-refractivity contribution is 0.0606. The van der Waals surface area contributed by atoms with E-state index < -0.39 is 5.97 Å². The minimum Gasteiger partial charge on any atom is -0.465 e. The van der Waals surface area contributed by atoms with Crippen LogP contribution >= 0.6 is 22.7 Å². The number of carbonyl (C=O) groups is 2. The summed E-state index contributed by atoms with van der Waals surface area (Å²) >= 11 is 2.93. The Hall–Kier alpha value is -2.44. The normalized spacial score (nSPS) is 16.2. The van der Waals surface area contributed by atoms with E-state index in [1.54, 1.807) is 23.5 Å². The highest BCUT2D eigenvalue weighted by Gasteiger charge is 2.33. The first-order valence-electron chi connectivity index (χ1n) is 8.29. The van der Waals surface area contributed by atoms with Crippen LogP contribution in [0.4, 0.5) is 0 Å². The number of benzene rings is 1. The maximum atomic E-state index is 13.2. The van der Waals surface area contributed by atoms with E-state index >= 15 is 0 Å². The number of methoxy groups -OCH3 is 1. The van der Waals surface area contributed by atoms with E-state index in [0.29, 0.717) is 16.3 Å². The molecule has 3 heterocycles. The van der Waals surface area contributed by atoms with Gasteiger partial charge < -0.3 is 9.64 Å². The summed E-state index contributed by atoms with van der Waals surface area (Å²) in [5.41, 5.74) is 2.30. The average Bonchev–Trinajstić information content (AvgIpc) is 3.36. The summed E-state index contributed by atoms with van der Waals surface area (Å²) in [4.78, 5) is 29.2. The Labute approximate surface area is 159 Å². The summed E-state index contributed by atoms with van der Waals surface area (Å²) in [6.07, 6.45) is 0.858. The molecule has 0 aliphatic carbocycles. The Bertz CT molecular complexity index is 945. The summed E-state index contributed by atoms with van der Waals surface area (Å²) in [6, 6.07) is 15.5. The summed E-state index contributed by atoms with van der Waals surface area (Å²) in [7, 11) is 1.34. The molecule has 1 aliphatic heterocycles. The number of hydrogen-bond acceptors (Lipinski definition) is 5. The topological polar surface area (TPSA) is 46.6 Å². The van der Waals surface area contributed by atoms with Gasteiger partial charge in [0.15, 0.2) is 0 Å². The second-order valence-corrected chi connectivity index (χ2v) is 8.10. The lowest BCUT2D eigenvalue weighted by Gasteiger charge is -2.36. The summed E-state index contributed by atoms with van der Waals surface area (Å²) < 4.78 is 4.75. The van der Waals surface area contributed by atoms with Crippen LogP contribution in [0.2, 0.25) is 0 Å². The van der Waals surface area contributed by atoms with Gasteiger partial charge in [-0.15, -0.1) is 22.7 Å². The van der Waals surface area contributed by atoms with Gasteiger partial charge in [0.05, 0.1) is 18.0 Å². The lowest BCUT2D eigenvalue weighted by atomic mass is 9.93. The van der Waals surface area contributed by atoms with Crippen molar-refractivity contribution in [1.29, 1.82) is 0 Å². The molecule has 4 rings (SSSR count). The molecule has 26 heavy (non-hydrogen) atoms. The number of thiophene rings is 2. The van der Waals surface area contributed by atoms with E-state index in [0.717, 1.165) is 12.0 Å². The number of nitrogens with zero attached hydrogens (tertiary/aromatic N) is 1. The maximum Gasteiger partial charge on any atom is 0.348 e. The fourth-order valence-electron chi connectivity index (χ4n) is 3.33. The zero-order valence-corrected chi connectivity index (χ0v) is 15.8. The van der Waals surface area contributed by atoms with Crippen molar-refractivity contribution in [3.63, 3.8) is 0 Å². The highest BCUT2D eigenvalue weighted by molar-refractivity contribution is 7.15. The number of esters is 1. The fraction of sp³-hybridized carbons (Fsp3) is 0.200. The van der Waals surface area contributed by atoms with Crippen LogP contribution in [0.3, 0.4) is 0 Å². The van der Waals surface area contributed by atoms with Gasteiger partial charge in [-0.3, -0.25) is 4.79 Å². The molecule has 0 unspecified atom stereocenters. The smallest absolute Gasteiger partial charge is 0.348 e. The van der Waals surface area contributed by atoms with Crippen molar-refractivity contribution in [2.75, 3.05) is 13.7 Å². The van der Waals surface area contributed by atoms with Crippen molar-refractivity contribution in [3.05, 3.63) is 79.7 Å². The van der Waals surface area contributed by atoms with E-state index in [4.69, 9.17) is 4.74 Å². The highest BCUT2D eigenvalue weighted by atomic mass is 32.1. The quantitative estimate of drug-likeness (QED) is 0.631. The number of amides is 1. The first-order chi connectivity index (χ1) is 12.7. The third-order valence-electron chi connectivity index (χ3n) is 4.55. The van der Waals surface area contributed by atoms with Gasteiger partial charge in [-0.25, -0.2) is 4.79 Å². The first kappa shape index (κ1) is 17.0. The van der Waals surface area contributed by atoms with Crippen LogP contribution < -0.4 is 0 Å². The number of ether oxygens (including phenoxy) is 1. The molecule has 1 amide bonds. The third kappa shape index (κ3) is 2.95. The third-order valence-corrected chi connectivity index (χ3v) is 6.60. The maximum absolute atomic E-state index is 13.2. The van der Waals surface area contributed by atoms with Crippen LogP contribution in [-0.2, 0) is 11.2 Å². The standard InChI is InChI=1S/C20H17NO3S2/c1-24-20(23)17-8-7-16(26-17)19(22)21-11-9-15-14(10-12-25-15)18(21)13-5-3-2-4-6-13/h2-8,10,12,18H,9,11H2,1H3/t18-/m0/s1. The first-order valence-corrected chi connectivity index (χ1v) is 9.99. The summed E-state index contributed by atoms with van der Waals surface area (Å²) in [5.74, 6) is -0.455. The van der Waals surface area contributed by atoms with Crippen molar-refractivity contribution in [2.24, 2.45) is 0 Å². The molecule has 132 valence electrons. The van der Waals surface area contributed by atoms with Gasteiger partial charge in [-0.2, -0.15) is 0 Å².